The van der Waals surface area contributed by atoms with Crippen LogP contribution in [0, 0.1) is 6.92 Å². The molecule has 2 aromatic rings. The smallest absolute Gasteiger partial charge is 0.359 e. The molecule has 0 aliphatic rings. The summed E-state index contributed by atoms with van der Waals surface area (Å²) in [4.78, 5) is 32.1. The maximum Gasteiger partial charge on any atom is 0.359 e. The highest BCUT2D eigenvalue weighted by molar-refractivity contribution is 7.92. The molecule has 25 heavy (non-hydrogen) atoms. The van der Waals surface area contributed by atoms with Crippen LogP contribution in [0.25, 0.3) is 0 Å². The van der Waals surface area contributed by atoms with Crippen LogP contribution in [0.1, 0.15) is 33.5 Å². The van der Waals surface area contributed by atoms with Crippen molar-refractivity contribution in [2.75, 3.05) is 11.0 Å². The first kappa shape index (κ1) is 18.5. The van der Waals surface area contributed by atoms with Crippen LogP contribution in [0.5, 0.6) is 0 Å². The van der Waals surface area contributed by atoms with E-state index in [2.05, 4.69) is 14.7 Å². The molecule has 0 saturated carbocycles. The zero-order chi connectivity index (χ0) is 18.6. The van der Waals surface area contributed by atoms with Crippen LogP contribution in [0.4, 0.5) is 5.69 Å². The highest BCUT2D eigenvalue weighted by Gasteiger charge is 2.21. The van der Waals surface area contributed by atoms with Crippen molar-refractivity contribution in [1.82, 2.24) is 9.97 Å². The molecule has 2 rings (SSSR count). The number of benzene rings is 1. The molecule has 1 aromatic heterocycles. The molecule has 0 spiro atoms. The zero-order valence-corrected chi connectivity index (χ0v) is 14.7. The van der Waals surface area contributed by atoms with E-state index < -0.39 is 27.9 Å². The molecular formula is C16H17N3O5S. The number of aryl methyl sites for hydroxylation is 1. The molecule has 1 aromatic carbocycles. The number of hydrogen-bond acceptors (Lipinski definition) is 7. The lowest BCUT2D eigenvalue weighted by molar-refractivity contribution is 0.0312. The van der Waals surface area contributed by atoms with E-state index in [0.717, 1.165) is 6.26 Å². The Balaban J connectivity index is 2.04. The van der Waals surface area contributed by atoms with Crippen LogP contribution in [-0.2, 0) is 14.8 Å². The van der Waals surface area contributed by atoms with E-state index in [-0.39, 0.29) is 11.3 Å². The van der Waals surface area contributed by atoms with E-state index in [1.807, 2.05) is 0 Å². The lowest BCUT2D eigenvalue weighted by Crippen LogP contribution is -2.25. The summed E-state index contributed by atoms with van der Waals surface area (Å²) < 4.78 is 29.7. The molecule has 9 heteroatoms. The number of ether oxygens (including phenoxy) is 1. The summed E-state index contributed by atoms with van der Waals surface area (Å²) in [6.07, 6.45) is 2.71. The SMILES string of the molecule is Cc1cnc(C(=O)OC(C)C(=O)c2ccc(NS(C)(=O)=O)cc2)cn1. The standard InChI is InChI=1S/C16H17N3O5S/c1-10-8-18-14(9-17-10)16(21)24-11(2)15(20)12-4-6-13(7-5-12)19-25(3,22)23/h4-9,11,19H,1-3H3. The van der Waals surface area contributed by atoms with Gasteiger partial charge in [-0.15, -0.1) is 0 Å². The number of ketones is 1. The maximum atomic E-state index is 12.3. The highest BCUT2D eigenvalue weighted by atomic mass is 32.2. The van der Waals surface area contributed by atoms with Gasteiger partial charge in [-0.1, -0.05) is 0 Å². The van der Waals surface area contributed by atoms with Crippen molar-refractivity contribution in [1.29, 1.82) is 0 Å². The van der Waals surface area contributed by atoms with E-state index in [1.54, 1.807) is 6.92 Å². The topological polar surface area (TPSA) is 115 Å². The van der Waals surface area contributed by atoms with E-state index in [1.165, 1.54) is 43.6 Å². The van der Waals surface area contributed by atoms with Crippen molar-refractivity contribution < 1.29 is 22.7 Å². The Kier molecular flexibility index (Phi) is 5.48. The summed E-state index contributed by atoms with van der Waals surface area (Å²) in [5.41, 5.74) is 1.29. The quantitative estimate of drug-likeness (QED) is 0.612. The number of carbonyl (C=O) groups is 2. The number of Topliss-reactive ketones (excluding diaryl/α,β-unsaturated/α-hetero) is 1. The monoisotopic (exact) mass is 363 g/mol. The third-order valence-electron chi connectivity index (χ3n) is 3.12. The molecule has 1 N–H and O–H groups in total. The minimum absolute atomic E-state index is 0.0120. The number of hydrogen-bond donors (Lipinski definition) is 1. The van der Waals surface area contributed by atoms with Crippen molar-refractivity contribution in [3.63, 3.8) is 0 Å². The Morgan fingerprint density at radius 3 is 2.28 bits per heavy atom. The number of nitrogens with one attached hydrogen (secondary N) is 1. The van der Waals surface area contributed by atoms with Gasteiger partial charge < -0.3 is 4.74 Å². The molecular weight excluding hydrogens is 346 g/mol. The predicted octanol–water partition coefficient (Wildman–Crippen LogP) is 1.58. The molecule has 0 amide bonds. The summed E-state index contributed by atoms with van der Waals surface area (Å²) in [6, 6.07) is 5.81. The number of nitrogens with zero attached hydrogens (tertiary/aromatic N) is 2. The Hall–Kier alpha value is -2.81. The molecule has 1 heterocycles. The van der Waals surface area contributed by atoms with Gasteiger partial charge in [-0.3, -0.25) is 14.5 Å². The number of anilines is 1. The summed E-state index contributed by atoms with van der Waals surface area (Å²) in [7, 11) is -3.39. The van der Waals surface area contributed by atoms with Crippen LogP contribution < -0.4 is 4.72 Å². The average Bonchev–Trinajstić information content (AvgIpc) is 2.54. The first-order valence-corrected chi connectivity index (χ1v) is 9.16. The fraction of sp³-hybridized carbons (Fsp3) is 0.250. The number of sulfonamides is 1. The Bertz CT molecular complexity index is 877. The molecule has 0 radical (unpaired) electrons. The van der Waals surface area contributed by atoms with Crippen molar-refractivity contribution >= 4 is 27.5 Å². The van der Waals surface area contributed by atoms with Crippen LogP contribution in [0.2, 0.25) is 0 Å². The van der Waals surface area contributed by atoms with Gasteiger partial charge in [-0.25, -0.2) is 18.2 Å². The third kappa shape index (κ3) is 5.35. The van der Waals surface area contributed by atoms with Crippen molar-refractivity contribution in [2.24, 2.45) is 0 Å². The first-order chi connectivity index (χ1) is 11.7. The van der Waals surface area contributed by atoms with Gasteiger partial charge in [-0.2, -0.15) is 0 Å². The summed E-state index contributed by atoms with van der Waals surface area (Å²) in [5, 5.41) is 0. The van der Waals surface area contributed by atoms with Gasteiger partial charge in [0.15, 0.2) is 11.8 Å². The molecule has 1 unspecified atom stereocenters. The normalized spacial score (nSPS) is 12.3. The van der Waals surface area contributed by atoms with Crippen LogP contribution in [0.3, 0.4) is 0 Å². The van der Waals surface area contributed by atoms with Gasteiger partial charge in [0.25, 0.3) is 0 Å². The molecule has 0 saturated heterocycles. The van der Waals surface area contributed by atoms with Crippen LogP contribution in [-0.4, -0.2) is 42.5 Å². The fourth-order valence-electron chi connectivity index (χ4n) is 1.92. The van der Waals surface area contributed by atoms with E-state index in [0.29, 0.717) is 11.4 Å². The fourth-order valence-corrected chi connectivity index (χ4v) is 2.49. The molecule has 0 aliphatic heterocycles. The van der Waals surface area contributed by atoms with E-state index in [9.17, 15) is 18.0 Å². The molecule has 0 bridgehead atoms. The van der Waals surface area contributed by atoms with Crippen molar-refractivity contribution in [2.45, 2.75) is 20.0 Å². The van der Waals surface area contributed by atoms with Crippen molar-refractivity contribution in [3.8, 4) is 0 Å². The second-order valence-corrected chi connectivity index (χ2v) is 7.15. The lowest BCUT2D eigenvalue weighted by atomic mass is 10.1. The maximum absolute atomic E-state index is 12.3. The lowest BCUT2D eigenvalue weighted by Gasteiger charge is -2.12. The second-order valence-electron chi connectivity index (χ2n) is 5.41. The molecule has 1 atom stereocenters. The summed E-state index contributed by atoms with van der Waals surface area (Å²) in [6.45, 7) is 3.18. The third-order valence-corrected chi connectivity index (χ3v) is 3.72. The molecule has 8 nitrogen and oxygen atoms in total. The molecule has 132 valence electrons. The summed E-state index contributed by atoms with van der Waals surface area (Å²) >= 11 is 0. The highest BCUT2D eigenvalue weighted by Crippen LogP contribution is 2.14. The van der Waals surface area contributed by atoms with Gasteiger partial charge in [0.2, 0.25) is 15.8 Å². The minimum Gasteiger partial charge on any atom is -0.449 e. The van der Waals surface area contributed by atoms with Gasteiger partial charge in [-0.05, 0) is 38.1 Å². The largest absolute Gasteiger partial charge is 0.449 e. The second kappa shape index (κ2) is 7.39. The minimum atomic E-state index is -3.39. The first-order valence-electron chi connectivity index (χ1n) is 7.27. The zero-order valence-electron chi connectivity index (χ0n) is 13.9. The van der Waals surface area contributed by atoms with E-state index in [4.69, 9.17) is 4.74 Å². The summed E-state index contributed by atoms with van der Waals surface area (Å²) in [5.74, 6) is -1.16. The molecule has 0 fully saturated rings. The average molecular weight is 363 g/mol. The van der Waals surface area contributed by atoms with Gasteiger partial charge in [0.1, 0.15) is 0 Å². The number of rotatable bonds is 6. The molecule has 0 aliphatic carbocycles. The number of carbonyl (C=O) groups excluding carboxylic acids is 2. The Morgan fingerprint density at radius 2 is 1.76 bits per heavy atom. The van der Waals surface area contributed by atoms with Gasteiger partial charge in [0.05, 0.1) is 18.1 Å². The van der Waals surface area contributed by atoms with Gasteiger partial charge >= 0.3 is 5.97 Å². The predicted molar refractivity (Wildman–Crippen MR) is 90.9 cm³/mol. The van der Waals surface area contributed by atoms with Gasteiger partial charge in [0, 0.05) is 17.4 Å². The Morgan fingerprint density at radius 1 is 1.12 bits per heavy atom. The van der Waals surface area contributed by atoms with Crippen LogP contribution in [0.15, 0.2) is 36.7 Å². The number of esters is 1. The van der Waals surface area contributed by atoms with Crippen molar-refractivity contribution in [3.05, 3.63) is 53.6 Å². The van der Waals surface area contributed by atoms with Crippen LogP contribution >= 0.6 is 0 Å². The number of aromatic nitrogens is 2. The Labute approximate surface area is 145 Å². The van der Waals surface area contributed by atoms with E-state index >= 15 is 0 Å².